The van der Waals surface area contributed by atoms with E-state index in [2.05, 4.69) is 63.8 Å². The zero-order chi connectivity index (χ0) is 93.8. The van der Waals surface area contributed by atoms with Crippen molar-refractivity contribution in [3.63, 3.8) is 0 Å². The van der Waals surface area contributed by atoms with Crippen LogP contribution in [0.3, 0.4) is 0 Å². The summed E-state index contributed by atoms with van der Waals surface area (Å²) < 4.78 is 22.5. The minimum absolute atomic E-state index is 0.0295. The van der Waals surface area contributed by atoms with Gasteiger partial charge in [-0.05, 0) is 75.4 Å². The summed E-state index contributed by atoms with van der Waals surface area (Å²) in [6, 6.07) is 2.40. The average Bonchev–Trinajstić information content (AvgIpc) is 1.53. The zero-order valence-corrected chi connectivity index (χ0v) is 74.3. The van der Waals surface area contributed by atoms with Crippen LogP contribution >= 0.6 is 0 Å². The first kappa shape index (κ1) is 110. The van der Waals surface area contributed by atoms with Gasteiger partial charge < -0.3 is 123 Å². The average molecular weight is 1770 g/mol. The minimum Gasteiger partial charge on any atom is -0.480 e. The van der Waals surface area contributed by atoms with Crippen molar-refractivity contribution in [2.45, 2.75) is 232 Å². The van der Waals surface area contributed by atoms with Crippen molar-refractivity contribution in [3.05, 3.63) is 35.9 Å². The standard InChI is InChI=1S/C82H137N15O27/c1-17-48(6)70(96(14)78(116)68(46(2)3)94-77(115)69(47(4)5)95(12)13)59(121-15)37-67(109)97-33-21-25-56(97)73(122-16)49(7)74(112)93-55(35-51-23-19-18-20-24-51)76(114)84-30-22-34-123-80(119)50(8)91-61(103)27-26-54(79(117)118)92-62(104)29-32-85-81(120)124-45-52(75(113)90-40-57(100)71(110)72(111)58(101)44-98)36-53(99)39-86-64(106)42-88-66(108)43-89-65(107)41-87-60(102)28-31-83-63(105)38-82(9,10)11/h18-20,23-24,46-50,52,54-59,68-73,98,100-101,110-111H,17,21-22,25-45H2,1-16H3,(H,83,105)(H,84,114)(H,85,120)(H,86,106)(H,87,102)(H,88,108)(H,89,107)(H,90,113)(H,91,103)(H,92,104)(H,93,112)(H,94,115)(H,117,118)/t48-,49+,50?,52?,54?,55-,56-,57-,58+,59+,68-,69-,70-,71+,72+,73+/m0/s1. The van der Waals surface area contributed by atoms with Gasteiger partial charge in [0.05, 0.1) is 94.1 Å². The number of hydrogen-bond donors (Lipinski definition) is 18. The van der Waals surface area contributed by atoms with E-state index in [1.807, 2.05) is 81.3 Å². The molecule has 1 saturated heterocycles. The van der Waals surface area contributed by atoms with Crippen LogP contribution in [-0.2, 0) is 102 Å². The Balaban J connectivity index is 1.99. The van der Waals surface area contributed by atoms with Gasteiger partial charge in [0, 0.05) is 92.5 Å². The first-order chi connectivity index (χ1) is 58.2. The molecule has 0 radical (unpaired) electrons. The van der Waals surface area contributed by atoms with E-state index >= 15 is 0 Å². The molecule has 1 aliphatic rings. The number of esters is 1. The second-order valence-electron chi connectivity index (χ2n) is 33.0. The molecule has 14 amide bonds. The number of aliphatic carboxylic acids is 1. The quantitative estimate of drug-likeness (QED) is 0.0218. The van der Waals surface area contributed by atoms with Gasteiger partial charge in [0.1, 0.15) is 49.1 Å². The van der Waals surface area contributed by atoms with Crippen molar-refractivity contribution in [1.29, 1.82) is 0 Å². The first-order valence-corrected chi connectivity index (χ1v) is 41.8. The van der Waals surface area contributed by atoms with Crippen molar-refractivity contribution in [1.82, 2.24) is 78.5 Å². The van der Waals surface area contributed by atoms with Gasteiger partial charge in [-0.1, -0.05) is 106 Å². The van der Waals surface area contributed by atoms with Crippen molar-refractivity contribution in [3.8, 4) is 0 Å². The molecule has 3 unspecified atom stereocenters. The molecular weight excluding hydrogens is 1630 g/mol. The number of Topliss-reactive ketones (excluding diaryl/α,β-unsaturated/α-hetero) is 1. The van der Waals surface area contributed by atoms with Gasteiger partial charge >= 0.3 is 18.0 Å². The number of carboxylic acid groups (broad SMARTS) is 1. The maximum Gasteiger partial charge on any atom is 0.407 e. The van der Waals surface area contributed by atoms with Gasteiger partial charge in [-0.3, -0.25) is 72.0 Å². The lowest BCUT2D eigenvalue weighted by molar-refractivity contribution is -0.148. The highest BCUT2D eigenvalue weighted by Crippen LogP contribution is 2.30. The van der Waals surface area contributed by atoms with Gasteiger partial charge in [-0.15, -0.1) is 0 Å². The SMILES string of the molecule is CC[C@H](C)[C@@H]([C@@H](CC(=O)N1CCC[C@H]1[C@H](OC)[C@@H](C)C(=O)N[C@@H](Cc1ccccc1)C(=O)NCCCOC(=O)C(C)NC(=O)CCC(NC(=O)CCNC(=O)OCC(CC(=O)CNC(=O)CNC(=O)CNC(=O)CNC(=O)CCNC(=O)CC(C)(C)C)C(=O)NC[C@H](O)[C@@H](O)[C@H](O)[C@H](O)CO)C(=O)O)OC)N(C)C(=O)[C@@H](NC(=O)[C@H](C(C)C)N(C)C)C(C)C. The highest BCUT2D eigenvalue weighted by molar-refractivity contribution is 5.94. The van der Waals surface area contributed by atoms with Crippen molar-refractivity contribution < 1.29 is 131 Å². The maximum atomic E-state index is 14.6. The molecule has 42 heteroatoms. The number of carboxylic acids is 1. The molecule has 124 heavy (non-hydrogen) atoms. The molecule has 1 aromatic rings. The number of likely N-dealkylation sites (N-methyl/N-ethyl adjacent to an activating group) is 2. The van der Waals surface area contributed by atoms with Crippen molar-refractivity contribution in [2.75, 3.05) is 114 Å². The number of aliphatic hydroxyl groups is 5. The number of likely N-dealkylation sites (tertiary alicyclic amines) is 1. The summed E-state index contributed by atoms with van der Waals surface area (Å²) >= 11 is 0. The molecule has 0 spiro atoms. The third-order valence-electron chi connectivity index (χ3n) is 20.6. The molecular formula is C82H137N15O27. The topological polar surface area (TPSA) is 603 Å². The largest absolute Gasteiger partial charge is 0.480 e. The second-order valence-corrected chi connectivity index (χ2v) is 33.0. The Morgan fingerprint density at radius 3 is 1.73 bits per heavy atom. The number of amides is 14. The molecule has 0 bridgehead atoms. The number of rotatable bonds is 58. The van der Waals surface area contributed by atoms with Crippen LogP contribution in [0.1, 0.15) is 152 Å². The smallest absolute Gasteiger partial charge is 0.407 e. The lowest BCUT2D eigenvalue weighted by Gasteiger charge is -2.41. The number of carbonyl (C=O) groups excluding carboxylic acids is 16. The fraction of sp³-hybridized carbons (Fsp3) is 0.720. The van der Waals surface area contributed by atoms with Crippen molar-refractivity contribution >= 4 is 101 Å². The number of nitrogens with one attached hydrogen (secondary N) is 12. The summed E-state index contributed by atoms with van der Waals surface area (Å²) in [5.41, 5.74) is 0.458. The summed E-state index contributed by atoms with van der Waals surface area (Å²) in [5, 5.41) is 88.5. The molecule has 1 fully saturated rings. The number of ether oxygens (including phenoxy) is 4. The molecule has 2 rings (SSSR count). The Morgan fingerprint density at radius 2 is 1.17 bits per heavy atom. The number of carbonyl (C=O) groups is 17. The second kappa shape index (κ2) is 56.7. The Bertz CT molecular complexity index is 3640. The highest BCUT2D eigenvalue weighted by Gasteiger charge is 2.44. The van der Waals surface area contributed by atoms with E-state index in [0.717, 1.165) is 5.56 Å². The predicted molar refractivity (Wildman–Crippen MR) is 447 cm³/mol. The van der Waals surface area contributed by atoms with Crippen LogP contribution in [0.4, 0.5) is 4.79 Å². The lowest BCUT2D eigenvalue weighted by atomic mass is 9.89. The number of benzene rings is 1. The van der Waals surface area contributed by atoms with Gasteiger partial charge in [0.25, 0.3) is 0 Å². The van der Waals surface area contributed by atoms with E-state index in [1.54, 1.807) is 54.1 Å². The minimum atomic E-state index is -2.12. The molecule has 0 aliphatic carbocycles. The maximum absolute atomic E-state index is 14.6. The number of nitrogens with zero attached hydrogens (tertiary/aromatic N) is 3. The van der Waals surface area contributed by atoms with E-state index in [-0.39, 0.29) is 98.6 Å². The van der Waals surface area contributed by atoms with E-state index in [9.17, 15) is 107 Å². The summed E-state index contributed by atoms with van der Waals surface area (Å²) in [6.07, 6.45) is -11.4. The number of alkyl carbamates (subject to hydrolysis) is 1. The molecule has 16 atom stereocenters. The van der Waals surface area contributed by atoms with E-state index in [4.69, 9.17) is 24.1 Å². The first-order valence-electron chi connectivity index (χ1n) is 41.8. The van der Waals surface area contributed by atoms with Crippen LogP contribution in [-0.4, -0.2) is 339 Å². The van der Waals surface area contributed by atoms with Crippen LogP contribution in [0.25, 0.3) is 0 Å². The molecule has 42 nitrogen and oxygen atoms in total. The van der Waals surface area contributed by atoms with Gasteiger partial charge in [-0.2, -0.15) is 0 Å². The number of aliphatic hydroxyl groups excluding tert-OH is 5. The van der Waals surface area contributed by atoms with E-state index in [1.165, 1.54) is 21.1 Å². The Morgan fingerprint density at radius 1 is 0.589 bits per heavy atom. The van der Waals surface area contributed by atoms with Gasteiger partial charge in [-0.25, -0.2) is 14.4 Å². The van der Waals surface area contributed by atoms with Crippen LogP contribution in [0.2, 0.25) is 0 Å². The van der Waals surface area contributed by atoms with E-state index in [0.29, 0.717) is 25.8 Å². The molecule has 0 saturated carbocycles. The summed E-state index contributed by atoms with van der Waals surface area (Å²) in [6.45, 7) is 14.4. The number of ketones is 1. The van der Waals surface area contributed by atoms with Crippen molar-refractivity contribution in [2.24, 2.45) is 35.0 Å². The summed E-state index contributed by atoms with van der Waals surface area (Å²) in [7, 11) is 8.23. The third kappa shape index (κ3) is 40.7. The molecule has 0 aromatic heterocycles. The molecule has 702 valence electrons. The highest BCUT2D eigenvalue weighted by atomic mass is 16.6. The van der Waals surface area contributed by atoms with Gasteiger partial charge in [0.15, 0.2) is 5.78 Å². The Kier molecular flexibility index (Phi) is 50.3. The van der Waals surface area contributed by atoms with Crippen LogP contribution in [0, 0.1) is 35.0 Å². The van der Waals surface area contributed by atoms with E-state index < -0.39 is 246 Å². The molecule has 1 aliphatic heterocycles. The Hall–Kier alpha value is -10.1. The number of methoxy groups -OCH3 is 2. The summed E-state index contributed by atoms with van der Waals surface area (Å²) in [4.78, 5) is 228. The zero-order valence-electron chi connectivity index (χ0n) is 74.3. The Labute approximate surface area is 724 Å². The number of hydrogen-bond acceptors (Lipinski definition) is 27. The fourth-order valence-corrected chi connectivity index (χ4v) is 13.6. The lowest BCUT2D eigenvalue weighted by Crippen LogP contribution is -2.59. The molecule has 1 heterocycles. The summed E-state index contributed by atoms with van der Waals surface area (Å²) in [5.74, 6) is -14.4. The molecule has 18 N–H and O–H groups in total. The van der Waals surface area contributed by atoms with Crippen LogP contribution in [0.5, 0.6) is 0 Å². The van der Waals surface area contributed by atoms with Gasteiger partial charge in [0.2, 0.25) is 76.8 Å². The van der Waals surface area contributed by atoms with Crippen LogP contribution in [0.15, 0.2) is 30.3 Å². The normalized spacial score (nSPS) is 16.3. The fourth-order valence-electron chi connectivity index (χ4n) is 13.6. The monoisotopic (exact) mass is 1760 g/mol. The predicted octanol–water partition coefficient (Wildman–Crippen LogP) is -4.08. The van der Waals surface area contributed by atoms with Crippen LogP contribution < -0.4 is 63.8 Å². The third-order valence-corrected chi connectivity index (χ3v) is 20.6. The molecule has 1 aromatic carbocycles.